The highest BCUT2D eigenvalue weighted by molar-refractivity contribution is 7.93. The smallest absolute Gasteiger partial charge is 0.167 e. The Morgan fingerprint density at radius 2 is 1.80 bits per heavy atom. The van der Waals surface area contributed by atoms with E-state index < -0.39 is 9.84 Å². The van der Waals surface area contributed by atoms with Gasteiger partial charge in [0.05, 0.1) is 5.25 Å². The van der Waals surface area contributed by atoms with Crippen molar-refractivity contribution in [3.05, 3.63) is 0 Å². The second-order valence-corrected chi connectivity index (χ2v) is 5.54. The van der Waals surface area contributed by atoms with E-state index in [1.54, 1.807) is 0 Å². The van der Waals surface area contributed by atoms with E-state index in [4.69, 9.17) is 11.6 Å². The lowest BCUT2D eigenvalue weighted by Gasteiger charge is -2.05. The molecule has 0 aromatic rings. The predicted octanol–water partition coefficient (Wildman–Crippen LogP) is 1.54. The van der Waals surface area contributed by atoms with Gasteiger partial charge < -0.3 is 0 Å². The van der Waals surface area contributed by atoms with E-state index in [0.717, 1.165) is 25.7 Å². The maximum Gasteiger partial charge on any atom is 0.167 e. The SMILES string of the molecule is O=S(=O)(CCl)C1CCCC1. The van der Waals surface area contributed by atoms with E-state index >= 15 is 0 Å². The molecule has 60 valence electrons. The fourth-order valence-electron chi connectivity index (χ4n) is 1.34. The van der Waals surface area contributed by atoms with E-state index in [0.29, 0.717) is 0 Å². The van der Waals surface area contributed by atoms with E-state index in [1.807, 2.05) is 0 Å². The summed E-state index contributed by atoms with van der Waals surface area (Å²) in [5.74, 6) is 0. The first-order chi connectivity index (χ1) is 4.67. The van der Waals surface area contributed by atoms with Crippen LogP contribution in [0.15, 0.2) is 0 Å². The first-order valence-corrected chi connectivity index (χ1v) is 5.69. The normalized spacial score (nSPS) is 21.7. The molecule has 0 N–H and O–H groups in total. The van der Waals surface area contributed by atoms with Crippen LogP contribution in [0.1, 0.15) is 25.7 Å². The van der Waals surface area contributed by atoms with Gasteiger partial charge in [-0.05, 0) is 12.8 Å². The Balaban J connectivity index is 2.63. The standard InChI is InChI=1S/C6H11ClO2S/c7-5-10(8,9)6-3-1-2-4-6/h6H,1-5H2. The average Bonchev–Trinajstić information content (AvgIpc) is 2.38. The summed E-state index contributed by atoms with van der Waals surface area (Å²) >= 11 is 5.29. The second kappa shape index (κ2) is 3.09. The molecule has 0 saturated heterocycles. The molecule has 0 unspecified atom stereocenters. The quantitative estimate of drug-likeness (QED) is 0.608. The van der Waals surface area contributed by atoms with Crippen molar-refractivity contribution in [2.45, 2.75) is 30.9 Å². The van der Waals surface area contributed by atoms with Gasteiger partial charge in [0.15, 0.2) is 9.84 Å². The van der Waals surface area contributed by atoms with Crippen LogP contribution < -0.4 is 0 Å². The highest BCUT2D eigenvalue weighted by atomic mass is 35.5. The number of rotatable bonds is 2. The van der Waals surface area contributed by atoms with Crippen molar-refractivity contribution in [3.63, 3.8) is 0 Å². The fourth-order valence-corrected chi connectivity index (χ4v) is 3.10. The van der Waals surface area contributed by atoms with Crippen LogP contribution in [0.2, 0.25) is 0 Å². The number of sulfone groups is 1. The van der Waals surface area contributed by atoms with E-state index in [1.165, 1.54) is 0 Å². The van der Waals surface area contributed by atoms with Gasteiger partial charge in [-0.2, -0.15) is 0 Å². The summed E-state index contributed by atoms with van der Waals surface area (Å²) in [6, 6.07) is 0. The third-order valence-electron chi connectivity index (χ3n) is 1.96. The van der Waals surface area contributed by atoms with Gasteiger partial charge in [-0.15, -0.1) is 11.6 Å². The van der Waals surface area contributed by atoms with Crippen molar-refractivity contribution in [1.29, 1.82) is 0 Å². The molecule has 1 saturated carbocycles. The summed E-state index contributed by atoms with van der Waals surface area (Å²) in [6.45, 7) is 0. The largest absolute Gasteiger partial charge is 0.227 e. The molecule has 4 heteroatoms. The molecule has 0 aromatic carbocycles. The van der Waals surface area contributed by atoms with Gasteiger partial charge in [0.2, 0.25) is 0 Å². The Morgan fingerprint density at radius 1 is 1.30 bits per heavy atom. The van der Waals surface area contributed by atoms with Gasteiger partial charge in [-0.25, -0.2) is 8.42 Å². The molecule has 1 aliphatic carbocycles. The fraction of sp³-hybridized carbons (Fsp3) is 1.00. The van der Waals surface area contributed by atoms with Crippen LogP contribution in [0.25, 0.3) is 0 Å². The Labute approximate surface area is 66.5 Å². The zero-order valence-corrected chi connectivity index (χ0v) is 7.29. The minimum absolute atomic E-state index is 0.134. The topological polar surface area (TPSA) is 34.1 Å². The molecular weight excluding hydrogens is 172 g/mol. The summed E-state index contributed by atoms with van der Waals surface area (Å²) in [6.07, 6.45) is 3.71. The summed E-state index contributed by atoms with van der Waals surface area (Å²) < 4.78 is 22.1. The molecule has 1 fully saturated rings. The molecule has 1 rings (SSSR count). The van der Waals surface area contributed by atoms with Gasteiger partial charge in [-0.1, -0.05) is 12.8 Å². The second-order valence-electron chi connectivity index (χ2n) is 2.68. The molecule has 0 bridgehead atoms. The van der Waals surface area contributed by atoms with Crippen LogP contribution in [0.3, 0.4) is 0 Å². The predicted molar refractivity (Wildman–Crippen MR) is 41.9 cm³/mol. The Bertz CT molecular complexity index is 192. The molecule has 0 heterocycles. The highest BCUT2D eigenvalue weighted by Crippen LogP contribution is 2.25. The molecule has 0 spiro atoms. The molecule has 1 aliphatic rings. The van der Waals surface area contributed by atoms with Crippen LogP contribution in [0.5, 0.6) is 0 Å². The van der Waals surface area contributed by atoms with Crippen LogP contribution >= 0.6 is 11.6 Å². The Hall–Kier alpha value is 0.240. The number of halogens is 1. The van der Waals surface area contributed by atoms with Gasteiger partial charge in [0.1, 0.15) is 5.21 Å². The van der Waals surface area contributed by atoms with E-state index in [2.05, 4.69) is 0 Å². The van der Waals surface area contributed by atoms with Crippen LogP contribution in [0, 0.1) is 0 Å². The molecule has 0 radical (unpaired) electrons. The maximum absolute atomic E-state index is 11.1. The van der Waals surface area contributed by atoms with Gasteiger partial charge in [0, 0.05) is 0 Å². The lowest BCUT2D eigenvalue weighted by atomic mass is 10.4. The number of alkyl halides is 1. The van der Waals surface area contributed by atoms with Crippen molar-refractivity contribution < 1.29 is 8.42 Å². The van der Waals surface area contributed by atoms with E-state index in [-0.39, 0.29) is 10.5 Å². The van der Waals surface area contributed by atoms with Crippen molar-refractivity contribution in [3.8, 4) is 0 Å². The lowest BCUT2D eigenvalue weighted by Crippen LogP contribution is -2.18. The van der Waals surface area contributed by atoms with Gasteiger partial charge in [-0.3, -0.25) is 0 Å². The maximum atomic E-state index is 11.1. The third kappa shape index (κ3) is 1.64. The van der Waals surface area contributed by atoms with Gasteiger partial charge in [0.25, 0.3) is 0 Å². The zero-order chi connectivity index (χ0) is 7.61. The molecule has 0 aliphatic heterocycles. The average molecular weight is 183 g/mol. The number of hydrogen-bond acceptors (Lipinski definition) is 2. The Morgan fingerprint density at radius 3 is 2.20 bits per heavy atom. The molecule has 10 heavy (non-hydrogen) atoms. The highest BCUT2D eigenvalue weighted by Gasteiger charge is 2.27. The molecule has 2 nitrogen and oxygen atoms in total. The minimum Gasteiger partial charge on any atom is -0.227 e. The number of hydrogen-bond donors (Lipinski definition) is 0. The molecule has 0 aromatic heterocycles. The third-order valence-corrected chi connectivity index (χ3v) is 4.67. The zero-order valence-electron chi connectivity index (χ0n) is 5.72. The molecule has 0 amide bonds. The van der Waals surface area contributed by atoms with Crippen LogP contribution in [-0.4, -0.2) is 18.9 Å². The monoisotopic (exact) mass is 182 g/mol. The summed E-state index contributed by atoms with van der Waals surface area (Å²) in [5, 5.41) is -0.345. The van der Waals surface area contributed by atoms with Crippen molar-refractivity contribution in [2.75, 3.05) is 5.21 Å². The van der Waals surface area contributed by atoms with Gasteiger partial charge >= 0.3 is 0 Å². The van der Waals surface area contributed by atoms with Crippen LogP contribution in [0.4, 0.5) is 0 Å². The summed E-state index contributed by atoms with van der Waals surface area (Å²) in [7, 11) is -2.93. The summed E-state index contributed by atoms with van der Waals surface area (Å²) in [5.41, 5.74) is 0. The van der Waals surface area contributed by atoms with E-state index in [9.17, 15) is 8.42 Å². The molecule has 0 atom stereocenters. The molecular formula is C6H11ClO2S. The first-order valence-electron chi connectivity index (χ1n) is 3.44. The van der Waals surface area contributed by atoms with Crippen molar-refractivity contribution in [1.82, 2.24) is 0 Å². The minimum atomic E-state index is -2.93. The van der Waals surface area contributed by atoms with Crippen molar-refractivity contribution >= 4 is 21.4 Å². The first kappa shape index (κ1) is 8.34. The lowest BCUT2D eigenvalue weighted by molar-refractivity contribution is 0.584. The van der Waals surface area contributed by atoms with Crippen molar-refractivity contribution in [2.24, 2.45) is 0 Å². The van der Waals surface area contributed by atoms with Crippen LogP contribution in [-0.2, 0) is 9.84 Å². The summed E-state index contributed by atoms with van der Waals surface area (Å²) in [4.78, 5) is 0. The Kier molecular flexibility index (Phi) is 2.58.